The summed E-state index contributed by atoms with van der Waals surface area (Å²) in [6, 6.07) is 11.6. The Labute approximate surface area is 277 Å². The van der Waals surface area contributed by atoms with Crippen LogP contribution in [0.15, 0.2) is 70.3 Å². The molecule has 0 spiro atoms. The number of nitrogens with one attached hydrogen (secondary N) is 1. The number of thiazole rings is 1. The average molecular weight is 660 g/mol. The van der Waals surface area contributed by atoms with Crippen LogP contribution < -0.4 is 10.2 Å². The van der Waals surface area contributed by atoms with E-state index in [1.54, 1.807) is 32.2 Å². The lowest BCUT2D eigenvalue weighted by Crippen LogP contribution is -2.45. The minimum absolute atomic E-state index is 0.0465. The van der Waals surface area contributed by atoms with Gasteiger partial charge < -0.3 is 20.1 Å². The molecule has 0 radical (unpaired) electrons. The van der Waals surface area contributed by atoms with Gasteiger partial charge in [0.2, 0.25) is 5.91 Å². The number of hydrogen-bond acceptors (Lipinski definition) is 9. The number of nitrogens with zero attached hydrogens (tertiary/aromatic N) is 4. The summed E-state index contributed by atoms with van der Waals surface area (Å²) in [5, 5.41) is 15.0. The molecule has 10 nitrogen and oxygen atoms in total. The Bertz CT molecular complexity index is 1720. The first-order chi connectivity index (χ1) is 22.6. The molecule has 47 heavy (non-hydrogen) atoms. The number of carbonyl (C=O) groups is 3. The zero-order valence-electron chi connectivity index (χ0n) is 26.6. The highest BCUT2D eigenvalue weighted by Crippen LogP contribution is 2.38. The molecule has 2 fully saturated rings. The third kappa shape index (κ3) is 6.70. The van der Waals surface area contributed by atoms with Crippen molar-refractivity contribution in [2.75, 3.05) is 37.7 Å². The molecule has 1 amide bonds. The predicted molar refractivity (Wildman–Crippen MR) is 177 cm³/mol. The lowest BCUT2D eigenvalue weighted by molar-refractivity contribution is -0.139. The summed E-state index contributed by atoms with van der Waals surface area (Å²) in [6.07, 6.45) is 2.41. The Morgan fingerprint density at radius 1 is 1.19 bits per heavy atom. The fraction of sp³-hybridized carbons (Fsp3) is 0.400. The van der Waals surface area contributed by atoms with Gasteiger partial charge in [-0.3, -0.25) is 19.5 Å². The second-order valence-electron chi connectivity index (χ2n) is 12.3. The molecule has 3 aliphatic heterocycles. The van der Waals surface area contributed by atoms with Gasteiger partial charge in [0.05, 0.1) is 18.6 Å². The molecule has 0 aliphatic carbocycles. The van der Waals surface area contributed by atoms with Crippen LogP contribution in [-0.4, -0.2) is 71.5 Å². The quantitative estimate of drug-likeness (QED) is 0.290. The number of esters is 1. The number of piperidine rings is 1. The smallest absolute Gasteiger partial charge is 0.338 e. The van der Waals surface area contributed by atoms with Gasteiger partial charge in [0.1, 0.15) is 11.9 Å². The van der Waals surface area contributed by atoms with Gasteiger partial charge in [-0.25, -0.2) is 14.2 Å². The molecule has 6 rings (SSSR count). The third-order valence-electron chi connectivity index (χ3n) is 9.32. The van der Waals surface area contributed by atoms with E-state index in [-0.39, 0.29) is 42.5 Å². The van der Waals surface area contributed by atoms with Crippen LogP contribution in [-0.2, 0) is 19.1 Å². The third-order valence-corrected chi connectivity index (χ3v) is 10.1. The van der Waals surface area contributed by atoms with Crippen molar-refractivity contribution in [3.8, 4) is 0 Å². The molecule has 2 unspecified atom stereocenters. The number of fused-ring (bicyclic) bond motifs is 1. The zero-order chi connectivity index (χ0) is 33.2. The molecule has 2 saturated heterocycles. The van der Waals surface area contributed by atoms with E-state index < -0.39 is 18.0 Å². The molecule has 0 bridgehead atoms. The topological polar surface area (TPSA) is 124 Å². The van der Waals surface area contributed by atoms with E-state index in [4.69, 9.17) is 14.8 Å². The standard InChI is InChI=1S/C35H38FN5O5S/c1-4-46-35(45)30-28(38-32(33-37-13-15-47-33)39-31(30)25-6-5-7-27(36)21(25)3)19-40-14-12-26-23(17-40)18-41(34(26)44)24-10-8-22(9-11-24)20(2)16-29(42)43/h5-11,13,15,20,23,26,31H,4,12,14,16-19H2,1-3H3,(H,38,39)(H,42,43)/t20?,23-,26-,31?/m0/s1. The van der Waals surface area contributed by atoms with Crippen molar-refractivity contribution in [3.05, 3.63) is 92.8 Å². The number of benzene rings is 2. The van der Waals surface area contributed by atoms with Crippen molar-refractivity contribution in [2.45, 2.75) is 45.6 Å². The fourth-order valence-corrected chi connectivity index (χ4v) is 7.46. The van der Waals surface area contributed by atoms with Crippen molar-refractivity contribution in [3.63, 3.8) is 0 Å². The van der Waals surface area contributed by atoms with Gasteiger partial charge in [0.15, 0.2) is 10.8 Å². The Kier molecular flexibility index (Phi) is 9.51. The molecule has 4 atom stereocenters. The van der Waals surface area contributed by atoms with E-state index in [2.05, 4.69) is 15.2 Å². The lowest BCUT2D eigenvalue weighted by Gasteiger charge is -2.36. The van der Waals surface area contributed by atoms with E-state index in [1.165, 1.54) is 17.4 Å². The van der Waals surface area contributed by atoms with Gasteiger partial charge in [-0.05, 0) is 67.6 Å². The normalized spacial score (nSPS) is 22.0. The molecule has 3 aliphatic rings. The number of amidine groups is 1. The maximum atomic E-state index is 14.8. The van der Waals surface area contributed by atoms with Crippen molar-refractivity contribution in [1.29, 1.82) is 0 Å². The number of aromatic nitrogens is 1. The van der Waals surface area contributed by atoms with Crippen LogP contribution in [0.5, 0.6) is 0 Å². The Morgan fingerprint density at radius 3 is 2.68 bits per heavy atom. The molecule has 4 heterocycles. The molecule has 1 aromatic heterocycles. The Balaban J connectivity index is 1.26. The Hall–Kier alpha value is -4.42. The predicted octanol–water partition coefficient (Wildman–Crippen LogP) is 5.06. The number of rotatable bonds is 10. The number of carboxylic acid groups (broad SMARTS) is 1. The summed E-state index contributed by atoms with van der Waals surface area (Å²) in [7, 11) is 0. The van der Waals surface area contributed by atoms with Crippen LogP contribution in [0.2, 0.25) is 0 Å². The average Bonchev–Trinajstić information content (AvgIpc) is 3.70. The van der Waals surface area contributed by atoms with Gasteiger partial charge in [-0.2, -0.15) is 0 Å². The van der Waals surface area contributed by atoms with Crippen LogP contribution in [0, 0.1) is 24.6 Å². The number of anilines is 1. The van der Waals surface area contributed by atoms with Crippen LogP contribution in [0.25, 0.3) is 0 Å². The maximum Gasteiger partial charge on any atom is 0.338 e. The number of hydrogen-bond donors (Lipinski definition) is 2. The van der Waals surface area contributed by atoms with Gasteiger partial charge in [0, 0.05) is 54.4 Å². The van der Waals surface area contributed by atoms with E-state index in [9.17, 15) is 18.8 Å². The first-order valence-corrected chi connectivity index (χ1v) is 16.8. The van der Waals surface area contributed by atoms with Crippen LogP contribution in [0.3, 0.4) is 0 Å². The highest BCUT2D eigenvalue weighted by atomic mass is 32.1. The number of ether oxygens (including phenoxy) is 1. The number of aliphatic imine (C=N–C) groups is 1. The van der Waals surface area contributed by atoms with Crippen molar-refractivity contribution >= 4 is 40.7 Å². The molecular weight excluding hydrogens is 621 g/mol. The van der Waals surface area contributed by atoms with Gasteiger partial charge >= 0.3 is 11.9 Å². The molecule has 12 heteroatoms. The van der Waals surface area contributed by atoms with Crippen molar-refractivity contribution in [2.24, 2.45) is 16.8 Å². The molecular formula is C35H38FN5O5S. The second-order valence-corrected chi connectivity index (χ2v) is 13.2. The summed E-state index contributed by atoms with van der Waals surface area (Å²) < 4.78 is 20.3. The first-order valence-electron chi connectivity index (χ1n) is 15.9. The van der Waals surface area contributed by atoms with Gasteiger partial charge in [0.25, 0.3) is 0 Å². The van der Waals surface area contributed by atoms with E-state index in [0.29, 0.717) is 65.8 Å². The van der Waals surface area contributed by atoms with Crippen molar-refractivity contribution in [1.82, 2.24) is 15.2 Å². The summed E-state index contributed by atoms with van der Waals surface area (Å²) in [5.41, 5.74) is 3.69. The Morgan fingerprint density at radius 2 is 1.98 bits per heavy atom. The van der Waals surface area contributed by atoms with E-state index in [0.717, 1.165) is 11.3 Å². The van der Waals surface area contributed by atoms with E-state index in [1.807, 2.05) is 41.5 Å². The zero-order valence-corrected chi connectivity index (χ0v) is 27.4. The molecule has 2 N–H and O–H groups in total. The monoisotopic (exact) mass is 659 g/mol. The molecule has 246 valence electrons. The number of amides is 1. The van der Waals surface area contributed by atoms with Crippen molar-refractivity contribution < 1.29 is 28.6 Å². The SMILES string of the molecule is CCOC(=O)C1=C(CN2CC[C@@H]3C(=O)N(c4ccc(C(C)CC(=O)O)cc4)C[C@@H]3C2)NC(c2nccs2)=NC1c1cccc(F)c1C. The number of carboxylic acids is 1. The first kappa shape index (κ1) is 32.5. The maximum absolute atomic E-state index is 14.8. The summed E-state index contributed by atoms with van der Waals surface area (Å²) in [6.45, 7) is 7.75. The number of halogens is 1. The van der Waals surface area contributed by atoms with Crippen LogP contribution in [0.1, 0.15) is 60.3 Å². The number of carbonyl (C=O) groups excluding carboxylic acids is 2. The number of aliphatic carboxylic acids is 1. The lowest BCUT2D eigenvalue weighted by atomic mass is 9.87. The van der Waals surface area contributed by atoms with E-state index >= 15 is 0 Å². The summed E-state index contributed by atoms with van der Waals surface area (Å²) >= 11 is 1.42. The molecule has 3 aromatic rings. The summed E-state index contributed by atoms with van der Waals surface area (Å²) in [5.74, 6) is -1.26. The van der Waals surface area contributed by atoms with Gasteiger partial charge in [-0.15, -0.1) is 11.3 Å². The minimum atomic E-state index is -0.843. The minimum Gasteiger partial charge on any atom is -0.481 e. The van der Waals surface area contributed by atoms with Crippen LogP contribution in [0.4, 0.5) is 10.1 Å². The molecule has 0 saturated carbocycles. The van der Waals surface area contributed by atoms with Gasteiger partial charge in [-0.1, -0.05) is 31.2 Å². The largest absolute Gasteiger partial charge is 0.481 e. The number of likely N-dealkylation sites (tertiary alicyclic amines) is 1. The highest BCUT2D eigenvalue weighted by Gasteiger charge is 2.44. The van der Waals surface area contributed by atoms with Crippen LogP contribution >= 0.6 is 11.3 Å². The highest BCUT2D eigenvalue weighted by molar-refractivity contribution is 7.11. The summed E-state index contributed by atoms with van der Waals surface area (Å²) in [4.78, 5) is 51.7. The second kappa shape index (κ2) is 13.7. The molecule has 2 aromatic carbocycles. The fourth-order valence-electron chi connectivity index (χ4n) is 6.87.